The van der Waals surface area contributed by atoms with Crippen molar-refractivity contribution in [2.75, 3.05) is 0 Å². The normalized spacial score (nSPS) is 12.8. The second-order valence-electron chi connectivity index (χ2n) is 4.50. The van der Waals surface area contributed by atoms with Crippen LogP contribution >= 0.6 is 47.8 Å². The fourth-order valence-corrected chi connectivity index (χ4v) is 4.14. The standard InChI is InChI=1S/C14H8Br3FN2O/c15-8-3-1-2-6(13(8)18)12(17)7-4-10-11(5-9(7)16)20-14(21)19-10/h1-5,12H,(H2,19,20,21). The third-order valence-electron chi connectivity index (χ3n) is 3.16. The number of hydrogen-bond acceptors (Lipinski definition) is 1. The molecule has 0 saturated carbocycles. The summed E-state index contributed by atoms with van der Waals surface area (Å²) in [6, 6.07) is 8.77. The van der Waals surface area contributed by atoms with Gasteiger partial charge in [0.2, 0.25) is 0 Å². The number of benzene rings is 2. The zero-order valence-corrected chi connectivity index (χ0v) is 15.1. The highest BCUT2D eigenvalue weighted by Gasteiger charge is 2.19. The number of nitrogens with one attached hydrogen (secondary N) is 2. The number of aromatic nitrogens is 2. The molecular weight excluding hydrogens is 471 g/mol. The Bertz CT molecular complexity index is 888. The van der Waals surface area contributed by atoms with E-state index in [1.807, 2.05) is 6.07 Å². The van der Waals surface area contributed by atoms with Crippen LogP contribution in [0.5, 0.6) is 0 Å². The first-order chi connectivity index (χ1) is 9.97. The van der Waals surface area contributed by atoms with E-state index in [-0.39, 0.29) is 16.3 Å². The molecule has 3 rings (SSSR count). The molecule has 3 aromatic rings. The van der Waals surface area contributed by atoms with E-state index >= 15 is 0 Å². The van der Waals surface area contributed by atoms with E-state index in [2.05, 4.69) is 57.8 Å². The smallest absolute Gasteiger partial charge is 0.306 e. The minimum absolute atomic E-state index is 0.270. The average molecular weight is 479 g/mol. The Morgan fingerprint density at radius 3 is 2.38 bits per heavy atom. The van der Waals surface area contributed by atoms with Crippen molar-refractivity contribution in [1.82, 2.24) is 9.97 Å². The van der Waals surface area contributed by atoms with E-state index in [1.54, 1.807) is 24.3 Å². The van der Waals surface area contributed by atoms with Crippen molar-refractivity contribution in [2.24, 2.45) is 0 Å². The van der Waals surface area contributed by atoms with Crippen LogP contribution in [0.1, 0.15) is 16.0 Å². The molecule has 3 nitrogen and oxygen atoms in total. The molecule has 0 aliphatic rings. The Balaban J connectivity index is 2.16. The van der Waals surface area contributed by atoms with Gasteiger partial charge in [-0.25, -0.2) is 9.18 Å². The van der Waals surface area contributed by atoms with Gasteiger partial charge in [-0.15, -0.1) is 0 Å². The van der Waals surface area contributed by atoms with Crippen molar-refractivity contribution in [3.8, 4) is 0 Å². The number of hydrogen-bond donors (Lipinski definition) is 2. The molecular formula is C14H8Br3FN2O. The predicted molar refractivity (Wildman–Crippen MR) is 91.5 cm³/mol. The zero-order chi connectivity index (χ0) is 15.1. The fraction of sp³-hybridized carbons (Fsp3) is 0.0714. The highest BCUT2D eigenvalue weighted by atomic mass is 79.9. The van der Waals surface area contributed by atoms with Crippen LogP contribution in [-0.4, -0.2) is 9.97 Å². The SMILES string of the molecule is O=c1[nH]c2cc(Br)c(C(Br)c3cccc(Br)c3F)cc2[nH]1. The lowest BCUT2D eigenvalue weighted by Crippen LogP contribution is -1.99. The number of imidazole rings is 1. The molecule has 7 heteroatoms. The molecule has 1 aromatic heterocycles. The lowest BCUT2D eigenvalue weighted by Gasteiger charge is -2.14. The second kappa shape index (κ2) is 5.70. The van der Waals surface area contributed by atoms with Crippen molar-refractivity contribution in [2.45, 2.75) is 4.83 Å². The van der Waals surface area contributed by atoms with Crippen molar-refractivity contribution in [3.63, 3.8) is 0 Å². The van der Waals surface area contributed by atoms with E-state index in [4.69, 9.17) is 0 Å². The number of H-pyrrole nitrogens is 2. The van der Waals surface area contributed by atoms with Crippen molar-refractivity contribution in [3.05, 3.63) is 66.7 Å². The van der Waals surface area contributed by atoms with Crippen molar-refractivity contribution < 1.29 is 4.39 Å². The van der Waals surface area contributed by atoms with Gasteiger partial charge < -0.3 is 9.97 Å². The first-order valence-corrected chi connectivity index (χ1v) is 8.47. The summed E-state index contributed by atoms with van der Waals surface area (Å²) in [6.07, 6.45) is 0. The highest BCUT2D eigenvalue weighted by molar-refractivity contribution is 9.11. The number of alkyl halides is 1. The molecule has 1 unspecified atom stereocenters. The van der Waals surface area contributed by atoms with E-state index in [0.717, 1.165) is 10.0 Å². The van der Waals surface area contributed by atoms with Crippen LogP contribution in [0.2, 0.25) is 0 Å². The second-order valence-corrected chi connectivity index (χ2v) is 7.13. The Hall–Kier alpha value is -0.920. The maximum Gasteiger partial charge on any atom is 0.323 e. The Morgan fingerprint density at radius 1 is 1.00 bits per heavy atom. The summed E-state index contributed by atoms with van der Waals surface area (Å²) in [7, 11) is 0. The van der Waals surface area contributed by atoms with Gasteiger partial charge in [-0.2, -0.15) is 0 Å². The van der Waals surface area contributed by atoms with Gasteiger partial charge in [0, 0.05) is 10.0 Å². The number of fused-ring (bicyclic) bond motifs is 1. The van der Waals surface area contributed by atoms with Gasteiger partial charge in [0.1, 0.15) is 5.82 Å². The van der Waals surface area contributed by atoms with Crippen LogP contribution in [0.15, 0.2) is 44.1 Å². The van der Waals surface area contributed by atoms with Crippen LogP contribution in [0.4, 0.5) is 4.39 Å². The quantitative estimate of drug-likeness (QED) is 0.500. The van der Waals surface area contributed by atoms with Gasteiger partial charge in [0.05, 0.1) is 20.3 Å². The molecule has 21 heavy (non-hydrogen) atoms. The maximum absolute atomic E-state index is 14.2. The summed E-state index contributed by atoms with van der Waals surface area (Å²) in [5.74, 6) is -0.311. The van der Waals surface area contributed by atoms with Crippen LogP contribution in [0, 0.1) is 5.82 Å². The minimum Gasteiger partial charge on any atom is -0.306 e. The molecule has 0 aliphatic carbocycles. The van der Waals surface area contributed by atoms with E-state index < -0.39 is 0 Å². The van der Waals surface area contributed by atoms with Crippen LogP contribution < -0.4 is 5.69 Å². The molecule has 1 heterocycles. The molecule has 0 fully saturated rings. The Morgan fingerprint density at radius 2 is 1.67 bits per heavy atom. The van der Waals surface area contributed by atoms with Gasteiger partial charge in [0.15, 0.2) is 0 Å². The summed E-state index contributed by atoms with van der Waals surface area (Å²) in [4.78, 5) is 16.4. The molecule has 0 amide bonds. The molecule has 0 saturated heterocycles. The molecule has 0 bridgehead atoms. The summed E-state index contributed by atoms with van der Waals surface area (Å²) < 4.78 is 15.4. The van der Waals surface area contributed by atoms with E-state index in [9.17, 15) is 9.18 Å². The third kappa shape index (κ3) is 2.74. The Kier molecular flexibility index (Phi) is 4.07. The first kappa shape index (κ1) is 15.0. The monoisotopic (exact) mass is 476 g/mol. The largest absolute Gasteiger partial charge is 0.323 e. The number of halogens is 4. The summed E-state index contributed by atoms with van der Waals surface area (Å²) >= 11 is 10.2. The molecule has 0 spiro atoms. The number of rotatable bonds is 2. The van der Waals surface area contributed by atoms with Crippen LogP contribution in [0.25, 0.3) is 11.0 Å². The van der Waals surface area contributed by atoms with Gasteiger partial charge in [0.25, 0.3) is 0 Å². The van der Waals surface area contributed by atoms with Crippen molar-refractivity contribution >= 4 is 58.8 Å². The average Bonchev–Trinajstić information content (AvgIpc) is 2.79. The topological polar surface area (TPSA) is 48.6 Å². The molecule has 1 atom stereocenters. The lowest BCUT2D eigenvalue weighted by atomic mass is 10.0. The minimum atomic E-state index is -0.341. The van der Waals surface area contributed by atoms with Crippen LogP contribution in [-0.2, 0) is 0 Å². The van der Waals surface area contributed by atoms with E-state index in [1.165, 1.54) is 0 Å². The molecule has 2 N–H and O–H groups in total. The lowest BCUT2D eigenvalue weighted by molar-refractivity contribution is 0.607. The van der Waals surface area contributed by atoms with Crippen molar-refractivity contribution in [1.29, 1.82) is 0 Å². The van der Waals surface area contributed by atoms with Gasteiger partial charge in [-0.3, -0.25) is 0 Å². The van der Waals surface area contributed by atoms with Gasteiger partial charge in [-0.05, 0) is 39.7 Å². The zero-order valence-electron chi connectivity index (χ0n) is 10.4. The van der Waals surface area contributed by atoms with Crippen LogP contribution in [0.3, 0.4) is 0 Å². The summed E-state index contributed by atoms with van der Waals surface area (Å²) in [6.45, 7) is 0. The van der Waals surface area contributed by atoms with E-state index in [0.29, 0.717) is 21.1 Å². The van der Waals surface area contributed by atoms with Gasteiger partial charge in [-0.1, -0.05) is 44.0 Å². The number of aromatic amines is 2. The fourth-order valence-electron chi connectivity index (χ4n) is 2.15. The summed E-state index contributed by atoms with van der Waals surface area (Å²) in [5, 5.41) is 0. The first-order valence-electron chi connectivity index (χ1n) is 5.97. The predicted octanol–water partition coefficient (Wildman–Crippen LogP) is 5.00. The molecule has 2 aromatic carbocycles. The molecule has 108 valence electrons. The summed E-state index contributed by atoms with van der Waals surface area (Å²) in [5.41, 5.74) is 2.45. The maximum atomic E-state index is 14.2. The molecule has 0 aliphatic heterocycles. The highest BCUT2D eigenvalue weighted by Crippen LogP contribution is 2.39. The molecule has 0 radical (unpaired) electrons. The third-order valence-corrected chi connectivity index (χ3v) is 5.45. The van der Waals surface area contributed by atoms with Gasteiger partial charge >= 0.3 is 5.69 Å². The Labute approximate surface area is 144 Å².